The van der Waals surface area contributed by atoms with Crippen molar-refractivity contribution in [1.82, 2.24) is 20.3 Å². The topological polar surface area (TPSA) is 112 Å². The fraction of sp³-hybridized carbons (Fsp3) is 0.321. The first-order chi connectivity index (χ1) is 17.6. The van der Waals surface area contributed by atoms with Gasteiger partial charge in [0.2, 0.25) is 0 Å². The molecule has 1 atom stereocenters. The Hall–Kier alpha value is -3.91. The lowest BCUT2D eigenvalue weighted by Crippen LogP contribution is -2.22. The monoisotopic (exact) mass is 487 g/mol. The molecule has 0 spiro atoms. The van der Waals surface area contributed by atoms with E-state index in [2.05, 4.69) is 50.7 Å². The summed E-state index contributed by atoms with van der Waals surface area (Å²) in [5.74, 6) is 0.890. The van der Waals surface area contributed by atoms with Crippen LogP contribution in [0.15, 0.2) is 67.0 Å². The quantitative estimate of drug-likeness (QED) is 0.176. The van der Waals surface area contributed by atoms with Gasteiger partial charge >= 0.3 is 5.97 Å². The maximum atomic E-state index is 10.5. The Balaban J connectivity index is 1.29. The van der Waals surface area contributed by atoms with Crippen molar-refractivity contribution in [2.45, 2.75) is 38.6 Å². The van der Waals surface area contributed by atoms with Crippen LogP contribution in [-0.4, -0.2) is 45.7 Å². The van der Waals surface area contributed by atoms with E-state index in [9.17, 15) is 4.79 Å². The first-order valence-electron chi connectivity index (χ1n) is 12.4. The number of carbonyl (C=O) groups is 1. The molecule has 0 radical (unpaired) electrons. The van der Waals surface area contributed by atoms with E-state index in [1.54, 1.807) is 6.33 Å². The summed E-state index contributed by atoms with van der Waals surface area (Å²) in [4.78, 5) is 22.8. The molecule has 0 saturated carbocycles. The minimum atomic E-state index is -0.726. The fourth-order valence-electron chi connectivity index (χ4n) is 4.04. The van der Waals surface area contributed by atoms with E-state index in [0.29, 0.717) is 6.61 Å². The molecule has 0 amide bonds. The molecule has 0 aliphatic carbocycles. The maximum Gasteiger partial charge on any atom is 0.303 e. The highest BCUT2D eigenvalue weighted by molar-refractivity contribution is 5.91. The largest absolute Gasteiger partial charge is 0.492 e. The van der Waals surface area contributed by atoms with Crippen molar-refractivity contribution in [3.05, 3.63) is 72.6 Å². The summed E-state index contributed by atoms with van der Waals surface area (Å²) in [7, 11) is 0. The second kappa shape index (κ2) is 12.7. The Kier molecular flexibility index (Phi) is 8.88. The third-order valence-corrected chi connectivity index (χ3v) is 6.04. The van der Waals surface area contributed by atoms with Crippen LogP contribution in [0.3, 0.4) is 0 Å². The number of rotatable bonds is 14. The van der Waals surface area contributed by atoms with Crippen LogP contribution >= 0.6 is 0 Å². The number of ether oxygens (including phenoxy) is 1. The normalized spacial score (nSPS) is 11.9. The van der Waals surface area contributed by atoms with E-state index in [0.717, 1.165) is 66.2 Å². The third-order valence-electron chi connectivity index (χ3n) is 6.04. The highest BCUT2D eigenvalue weighted by atomic mass is 16.5. The molecule has 1 unspecified atom stereocenters. The van der Waals surface area contributed by atoms with Crippen molar-refractivity contribution in [2.24, 2.45) is 0 Å². The van der Waals surface area contributed by atoms with E-state index in [1.807, 2.05) is 42.5 Å². The minimum Gasteiger partial charge on any atom is -0.492 e. The van der Waals surface area contributed by atoms with Crippen LogP contribution in [0.4, 0.5) is 5.82 Å². The van der Waals surface area contributed by atoms with E-state index < -0.39 is 5.97 Å². The van der Waals surface area contributed by atoms with Gasteiger partial charge in [-0.3, -0.25) is 4.79 Å². The number of H-pyrrole nitrogens is 1. The number of aromatic amines is 1. The van der Waals surface area contributed by atoms with Crippen molar-refractivity contribution in [3.8, 4) is 17.0 Å². The first-order valence-corrected chi connectivity index (χ1v) is 12.4. The van der Waals surface area contributed by atoms with Crippen molar-refractivity contribution in [3.63, 3.8) is 0 Å². The van der Waals surface area contributed by atoms with Crippen LogP contribution in [0, 0.1) is 0 Å². The lowest BCUT2D eigenvalue weighted by molar-refractivity contribution is -0.137. The number of anilines is 1. The maximum absolute atomic E-state index is 10.5. The molecule has 2 heterocycles. The number of benzene rings is 2. The van der Waals surface area contributed by atoms with Crippen molar-refractivity contribution >= 4 is 22.8 Å². The van der Waals surface area contributed by atoms with Crippen molar-refractivity contribution < 1.29 is 14.6 Å². The number of unbranched alkanes of at least 4 members (excludes halogenated alkanes) is 2. The zero-order valence-corrected chi connectivity index (χ0v) is 20.5. The molecule has 4 rings (SSSR count). The molecule has 8 nitrogen and oxygen atoms in total. The summed E-state index contributed by atoms with van der Waals surface area (Å²) in [6.07, 6.45) is 4.44. The second-order valence-corrected chi connectivity index (χ2v) is 8.77. The van der Waals surface area contributed by atoms with Crippen LogP contribution < -0.4 is 15.4 Å². The van der Waals surface area contributed by atoms with E-state index >= 15 is 0 Å². The number of carboxylic acids is 1. The van der Waals surface area contributed by atoms with Crippen LogP contribution in [0.25, 0.3) is 22.3 Å². The molecule has 0 aliphatic heterocycles. The van der Waals surface area contributed by atoms with Crippen LogP contribution in [-0.2, 0) is 4.79 Å². The van der Waals surface area contributed by atoms with Crippen LogP contribution in [0.1, 0.15) is 44.2 Å². The first kappa shape index (κ1) is 25.2. The van der Waals surface area contributed by atoms with Gasteiger partial charge in [-0.1, -0.05) is 36.8 Å². The third kappa shape index (κ3) is 7.05. The zero-order valence-electron chi connectivity index (χ0n) is 20.5. The van der Waals surface area contributed by atoms with Gasteiger partial charge in [-0.05, 0) is 67.8 Å². The van der Waals surface area contributed by atoms with Crippen LogP contribution in [0.2, 0.25) is 0 Å². The number of nitrogens with one attached hydrogen (secondary N) is 3. The summed E-state index contributed by atoms with van der Waals surface area (Å²) in [6.45, 7) is 4.31. The van der Waals surface area contributed by atoms with Gasteiger partial charge < -0.3 is 25.5 Å². The Labute approximate surface area is 211 Å². The van der Waals surface area contributed by atoms with Gasteiger partial charge in [-0.2, -0.15) is 0 Å². The molecule has 4 aromatic rings. The van der Waals surface area contributed by atoms with Gasteiger partial charge in [-0.25, -0.2) is 9.97 Å². The van der Waals surface area contributed by atoms with Gasteiger partial charge in [0.25, 0.3) is 0 Å². The molecule has 0 saturated heterocycles. The molecule has 36 heavy (non-hydrogen) atoms. The standard InChI is InChI=1S/C28H33N5O3/c1-20(21-8-4-2-5-9-21)32-27-24-18-25(33-28(24)31-19-30-27)22-11-13-23(14-12-22)36-17-16-29-15-7-3-6-10-26(34)35/h2,4-5,8-9,11-14,18-20,29H,3,6-7,10,15-17H2,1H3,(H,34,35)(H2,30,31,32,33). The Morgan fingerprint density at radius 1 is 1.03 bits per heavy atom. The predicted octanol–water partition coefficient (Wildman–Crippen LogP) is 5.41. The van der Waals surface area contributed by atoms with Gasteiger partial charge in [-0.15, -0.1) is 0 Å². The fourth-order valence-corrected chi connectivity index (χ4v) is 4.04. The average Bonchev–Trinajstić information content (AvgIpc) is 3.34. The lowest BCUT2D eigenvalue weighted by atomic mass is 10.1. The van der Waals surface area contributed by atoms with Crippen molar-refractivity contribution in [2.75, 3.05) is 25.0 Å². The average molecular weight is 488 g/mol. The second-order valence-electron chi connectivity index (χ2n) is 8.77. The van der Waals surface area contributed by atoms with Crippen molar-refractivity contribution in [1.29, 1.82) is 0 Å². The van der Waals surface area contributed by atoms with Gasteiger partial charge in [0, 0.05) is 24.7 Å². The van der Waals surface area contributed by atoms with E-state index in [-0.39, 0.29) is 12.5 Å². The predicted molar refractivity (Wildman–Crippen MR) is 142 cm³/mol. The smallest absolute Gasteiger partial charge is 0.303 e. The highest BCUT2D eigenvalue weighted by Crippen LogP contribution is 2.29. The number of nitrogens with zero attached hydrogens (tertiary/aromatic N) is 2. The van der Waals surface area contributed by atoms with Crippen LogP contribution in [0.5, 0.6) is 5.75 Å². The summed E-state index contributed by atoms with van der Waals surface area (Å²) >= 11 is 0. The molecule has 0 fully saturated rings. The van der Waals surface area contributed by atoms with Gasteiger partial charge in [0.15, 0.2) is 0 Å². The molecular weight excluding hydrogens is 454 g/mol. The minimum absolute atomic E-state index is 0.116. The molecule has 8 heteroatoms. The number of aliphatic carboxylic acids is 1. The Bertz CT molecular complexity index is 1240. The molecule has 2 aromatic carbocycles. The van der Waals surface area contributed by atoms with Gasteiger partial charge in [0.05, 0.1) is 5.39 Å². The van der Waals surface area contributed by atoms with E-state index in [1.165, 1.54) is 5.56 Å². The Morgan fingerprint density at radius 2 is 1.83 bits per heavy atom. The number of hydrogen-bond acceptors (Lipinski definition) is 6. The zero-order chi connectivity index (χ0) is 25.2. The molecule has 0 aliphatic rings. The van der Waals surface area contributed by atoms with Gasteiger partial charge in [0.1, 0.15) is 30.1 Å². The summed E-state index contributed by atoms with van der Waals surface area (Å²) in [5.41, 5.74) is 4.00. The molecular formula is C28H33N5O3. The molecule has 4 N–H and O–H groups in total. The summed E-state index contributed by atoms with van der Waals surface area (Å²) in [6, 6.07) is 20.5. The summed E-state index contributed by atoms with van der Waals surface area (Å²) in [5, 5.41) is 16.4. The summed E-state index contributed by atoms with van der Waals surface area (Å²) < 4.78 is 5.84. The number of fused-ring (bicyclic) bond motifs is 1. The number of carboxylic acid groups (broad SMARTS) is 1. The SMILES string of the molecule is CC(Nc1ncnc2[nH]c(-c3ccc(OCCNCCCCCC(=O)O)cc3)cc12)c1ccccc1. The number of hydrogen-bond donors (Lipinski definition) is 4. The van der Waals surface area contributed by atoms with E-state index in [4.69, 9.17) is 9.84 Å². The Morgan fingerprint density at radius 3 is 2.61 bits per heavy atom. The highest BCUT2D eigenvalue weighted by Gasteiger charge is 2.12. The lowest BCUT2D eigenvalue weighted by Gasteiger charge is -2.15. The molecule has 188 valence electrons. The number of aromatic nitrogens is 3. The molecule has 2 aromatic heterocycles. The molecule has 0 bridgehead atoms.